The van der Waals surface area contributed by atoms with Gasteiger partial charge in [-0.1, -0.05) is 0 Å². The highest BCUT2D eigenvalue weighted by Gasteiger charge is 2.03. The van der Waals surface area contributed by atoms with Crippen molar-refractivity contribution in [1.82, 2.24) is 9.36 Å². The Labute approximate surface area is 51.2 Å². The van der Waals surface area contributed by atoms with E-state index >= 15 is 0 Å². The van der Waals surface area contributed by atoms with Crippen LogP contribution in [0.1, 0.15) is 18.9 Å². The van der Waals surface area contributed by atoms with Crippen molar-refractivity contribution in [3.63, 3.8) is 0 Å². The lowest BCUT2D eigenvalue weighted by Gasteiger charge is -1.88. The van der Waals surface area contributed by atoms with Gasteiger partial charge in [-0.3, -0.25) is 0 Å². The molecule has 8 heavy (non-hydrogen) atoms. The molecule has 0 bridgehead atoms. The fourth-order valence-corrected chi connectivity index (χ4v) is 0.864. The van der Waals surface area contributed by atoms with E-state index in [1.165, 1.54) is 18.5 Å². The zero-order chi connectivity index (χ0) is 5.98. The van der Waals surface area contributed by atoms with Gasteiger partial charge >= 0.3 is 0 Å². The van der Waals surface area contributed by atoms with Crippen LogP contribution in [0.25, 0.3) is 0 Å². The Morgan fingerprint density at radius 2 is 2.62 bits per heavy atom. The molecule has 43 valence electrons. The molecular formula is C4H5N2OS. The van der Waals surface area contributed by atoms with E-state index in [1.807, 2.05) is 0 Å². The van der Waals surface area contributed by atoms with E-state index in [0.29, 0.717) is 5.82 Å². The standard InChI is InChI=1S/C4H5N2OS/c1-3(7)4-5-2-8-6-4/h2-3H,1H3. The molecule has 0 saturated carbocycles. The highest BCUT2D eigenvalue weighted by molar-refractivity contribution is 7.03. The van der Waals surface area contributed by atoms with Crippen LogP contribution in [0.15, 0.2) is 5.51 Å². The van der Waals surface area contributed by atoms with E-state index in [2.05, 4.69) is 9.36 Å². The maximum Gasteiger partial charge on any atom is 0.174 e. The molecule has 0 amide bonds. The SMILES string of the molecule is CC([O])c1ncsn1. The van der Waals surface area contributed by atoms with Crippen molar-refractivity contribution in [2.24, 2.45) is 0 Å². The molecule has 1 heterocycles. The third-order valence-corrected chi connectivity index (χ3v) is 1.23. The Morgan fingerprint density at radius 1 is 1.88 bits per heavy atom. The van der Waals surface area contributed by atoms with Crippen molar-refractivity contribution in [2.75, 3.05) is 0 Å². The lowest BCUT2D eigenvalue weighted by molar-refractivity contribution is 0.0993. The average molecular weight is 129 g/mol. The molecule has 0 aliphatic carbocycles. The van der Waals surface area contributed by atoms with Gasteiger partial charge in [0.2, 0.25) is 0 Å². The highest BCUT2D eigenvalue weighted by atomic mass is 32.1. The molecule has 1 radical (unpaired) electrons. The first-order chi connectivity index (χ1) is 3.80. The minimum atomic E-state index is -0.777. The Bertz CT molecular complexity index is 149. The zero-order valence-electron chi connectivity index (χ0n) is 4.37. The van der Waals surface area contributed by atoms with Gasteiger partial charge in [-0.05, 0) is 18.5 Å². The molecule has 1 rings (SSSR count). The van der Waals surface area contributed by atoms with Crippen LogP contribution in [0.4, 0.5) is 0 Å². The van der Waals surface area contributed by atoms with Crippen LogP contribution in [0.2, 0.25) is 0 Å². The summed E-state index contributed by atoms with van der Waals surface area (Å²) in [6.07, 6.45) is -0.777. The second-order valence-corrected chi connectivity index (χ2v) is 2.04. The smallest absolute Gasteiger partial charge is 0.174 e. The molecule has 0 aromatic carbocycles. The molecule has 0 aliphatic rings. The van der Waals surface area contributed by atoms with Crippen LogP contribution in [-0.2, 0) is 5.11 Å². The predicted molar refractivity (Wildman–Crippen MR) is 29.0 cm³/mol. The van der Waals surface area contributed by atoms with Crippen molar-refractivity contribution in [1.29, 1.82) is 0 Å². The summed E-state index contributed by atoms with van der Waals surface area (Å²) in [5.41, 5.74) is 1.56. The van der Waals surface area contributed by atoms with Gasteiger partial charge in [0.25, 0.3) is 0 Å². The fraction of sp³-hybridized carbons (Fsp3) is 0.500. The number of hydrogen-bond acceptors (Lipinski definition) is 3. The summed E-state index contributed by atoms with van der Waals surface area (Å²) in [4.78, 5) is 3.71. The van der Waals surface area contributed by atoms with E-state index in [4.69, 9.17) is 0 Å². The van der Waals surface area contributed by atoms with Gasteiger partial charge in [0.05, 0.1) is 0 Å². The molecule has 1 unspecified atom stereocenters. The first kappa shape index (κ1) is 5.65. The average Bonchev–Trinajstić information content (AvgIpc) is 2.12. The first-order valence-electron chi connectivity index (χ1n) is 2.23. The third kappa shape index (κ3) is 1.02. The summed E-state index contributed by atoms with van der Waals surface area (Å²) < 4.78 is 3.73. The van der Waals surface area contributed by atoms with Gasteiger partial charge in [0, 0.05) is 0 Å². The maximum absolute atomic E-state index is 10.5. The molecule has 0 aliphatic heterocycles. The molecule has 0 spiro atoms. The highest BCUT2D eigenvalue weighted by Crippen LogP contribution is 2.05. The van der Waals surface area contributed by atoms with Gasteiger partial charge in [-0.15, -0.1) is 0 Å². The molecule has 0 saturated heterocycles. The zero-order valence-corrected chi connectivity index (χ0v) is 5.18. The van der Waals surface area contributed by atoms with E-state index in [9.17, 15) is 5.11 Å². The van der Waals surface area contributed by atoms with Crippen molar-refractivity contribution in [3.05, 3.63) is 11.3 Å². The van der Waals surface area contributed by atoms with Crippen molar-refractivity contribution in [2.45, 2.75) is 13.0 Å². The lowest BCUT2D eigenvalue weighted by Crippen LogP contribution is -1.89. The minimum absolute atomic E-state index is 0.398. The van der Waals surface area contributed by atoms with Crippen LogP contribution >= 0.6 is 11.5 Å². The topological polar surface area (TPSA) is 45.7 Å². The summed E-state index contributed by atoms with van der Waals surface area (Å²) in [6, 6.07) is 0. The molecule has 0 N–H and O–H groups in total. The van der Waals surface area contributed by atoms with Gasteiger partial charge in [-0.25, -0.2) is 10.1 Å². The van der Waals surface area contributed by atoms with Gasteiger partial charge < -0.3 is 0 Å². The molecule has 0 fully saturated rings. The van der Waals surface area contributed by atoms with Gasteiger partial charge in [0.15, 0.2) is 11.9 Å². The van der Waals surface area contributed by atoms with E-state index in [-0.39, 0.29) is 0 Å². The van der Waals surface area contributed by atoms with E-state index in [1.54, 1.807) is 5.51 Å². The van der Waals surface area contributed by atoms with E-state index < -0.39 is 6.10 Å². The summed E-state index contributed by atoms with van der Waals surface area (Å²) in [5, 5.41) is 10.5. The summed E-state index contributed by atoms with van der Waals surface area (Å²) in [5.74, 6) is 0.398. The summed E-state index contributed by atoms with van der Waals surface area (Å²) in [7, 11) is 0. The Hall–Kier alpha value is -0.480. The molecule has 1 aromatic heterocycles. The third-order valence-electron chi connectivity index (χ3n) is 0.742. The number of hydrogen-bond donors (Lipinski definition) is 0. The van der Waals surface area contributed by atoms with Gasteiger partial charge in [0.1, 0.15) is 5.51 Å². The first-order valence-corrected chi connectivity index (χ1v) is 3.06. The largest absolute Gasteiger partial charge is 0.225 e. The Kier molecular flexibility index (Phi) is 1.55. The second-order valence-electron chi connectivity index (χ2n) is 1.43. The van der Waals surface area contributed by atoms with Crippen molar-refractivity contribution in [3.8, 4) is 0 Å². The quantitative estimate of drug-likeness (QED) is 0.568. The summed E-state index contributed by atoms with van der Waals surface area (Å²) in [6.45, 7) is 1.53. The second kappa shape index (κ2) is 2.19. The normalized spacial score (nSPS) is 13.8. The molecule has 3 nitrogen and oxygen atoms in total. The van der Waals surface area contributed by atoms with Gasteiger partial charge in [-0.2, -0.15) is 4.37 Å². The van der Waals surface area contributed by atoms with Crippen LogP contribution in [0, 0.1) is 0 Å². The maximum atomic E-state index is 10.5. The molecular weight excluding hydrogens is 124 g/mol. The number of nitrogens with zero attached hydrogens (tertiary/aromatic N) is 2. The van der Waals surface area contributed by atoms with Crippen molar-refractivity contribution < 1.29 is 5.11 Å². The van der Waals surface area contributed by atoms with Crippen molar-refractivity contribution >= 4 is 11.5 Å². The van der Waals surface area contributed by atoms with E-state index in [0.717, 1.165) is 0 Å². The molecule has 1 aromatic rings. The molecule has 1 atom stereocenters. The Balaban J connectivity index is 2.77. The van der Waals surface area contributed by atoms with Crippen LogP contribution in [0.3, 0.4) is 0 Å². The summed E-state index contributed by atoms with van der Waals surface area (Å²) >= 11 is 1.21. The lowest BCUT2D eigenvalue weighted by atomic mass is 10.4. The predicted octanol–water partition coefficient (Wildman–Crippen LogP) is 1.03. The van der Waals surface area contributed by atoms with Crippen LogP contribution < -0.4 is 0 Å². The number of aromatic nitrogens is 2. The number of rotatable bonds is 1. The van der Waals surface area contributed by atoms with Crippen LogP contribution in [0.5, 0.6) is 0 Å². The van der Waals surface area contributed by atoms with Crippen LogP contribution in [-0.4, -0.2) is 9.36 Å². The monoisotopic (exact) mass is 129 g/mol. The Morgan fingerprint density at radius 3 is 2.88 bits per heavy atom. The molecule has 4 heteroatoms. The minimum Gasteiger partial charge on any atom is -0.225 e. The fourth-order valence-electron chi connectivity index (χ4n) is 0.358.